The van der Waals surface area contributed by atoms with Crippen LogP contribution in [0, 0.1) is 0 Å². The van der Waals surface area contributed by atoms with Gasteiger partial charge in [0, 0.05) is 7.05 Å². The van der Waals surface area contributed by atoms with Crippen molar-refractivity contribution in [2.24, 2.45) is 0 Å². The number of thioether (sulfide) groups is 1. The van der Waals surface area contributed by atoms with Gasteiger partial charge in [-0.05, 0) is 24.6 Å². The minimum atomic E-state index is -0.577. The van der Waals surface area contributed by atoms with Crippen LogP contribution in [0.2, 0.25) is 0 Å². The molecule has 0 fully saturated rings. The predicted molar refractivity (Wildman–Crippen MR) is 110 cm³/mol. The highest BCUT2D eigenvalue weighted by Crippen LogP contribution is 2.24. The first-order chi connectivity index (χ1) is 13.5. The molecule has 1 atom stereocenters. The van der Waals surface area contributed by atoms with E-state index in [2.05, 4.69) is 15.6 Å². The summed E-state index contributed by atoms with van der Waals surface area (Å²) in [6.45, 7) is 1.92. The molecule has 144 valence electrons. The number of benzene rings is 2. The Morgan fingerprint density at radius 3 is 2.50 bits per heavy atom. The van der Waals surface area contributed by atoms with Crippen molar-refractivity contribution in [3.63, 3.8) is 0 Å². The van der Waals surface area contributed by atoms with Crippen LogP contribution in [0.3, 0.4) is 0 Å². The summed E-state index contributed by atoms with van der Waals surface area (Å²) >= 11 is 1.12. The molecule has 0 saturated heterocycles. The fourth-order valence-electron chi connectivity index (χ4n) is 2.80. The smallest absolute Gasteiger partial charge is 0.321 e. The number of fused-ring (bicyclic) bond motifs is 1. The average molecular weight is 396 g/mol. The Labute approximate surface area is 166 Å². The quantitative estimate of drug-likeness (QED) is 0.511. The largest absolute Gasteiger partial charge is 0.341 e. The second-order valence-corrected chi connectivity index (χ2v) is 7.03. The molecule has 28 heavy (non-hydrogen) atoms. The fraction of sp³-hybridized carbons (Fsp3) is 0.200. The van der Waals surface area contributed by atoms with Crippen molar-refractivity contribution in [2.45, 2.75) is 18.1 Å². The molecule has 3 aromatic rings. The van der Waals surface area contributed by atoms with E-state index in [9.17, 15) is 14.4 Å². The number of imide groups is 1. The Bertz CT molecular complexity index is 1070. The summed E-state index contributed by atoms with van der Waals surface area (Å²) in [5, 5.41) is 5.48. The number of aromatic nitrogens is 2. The molecule has 0 saturated carbocycles. The third kappa shape index (κ3) is 4.23. The number of carbonyl (C=O) groups excluding carboxylic acids is 2. The molecule has 1 aromatic heterocycles. The number of amides is 3. The Kier molecular flexibility index (Phi) is 6.10. The molecule has 0 aliphatic carbocycles. The van der Waals surface area contributed by atoms with E-state index in [0.717, 1.165) is 17.3 Å². The molecule has 3 rings (SSSR count). The van der Waals surface area contributed by atoms with Crippen LogP contribution in [-0.2, 0) is 4.79 Å². The van der Waals surface area contributed by atoms with E-state index in [1.165, 1.54) is 7.05 Å². The summed E-state index contributed by atoms with van der Waals surface area (Å²) in [6.07, 6.45) is 0. The molecule has 0 spiro atoms. The van der Waals surface area contributed by atoms with Gasteiger partial charge in [-0.25, -0.2) is 9.78 Å². The van der Waals surface area contributed by atoms with Gasteiger partial charge in [0.05, 0.1) is 22.7 Å². The van der Waals surface area contributed by atoms with Gasteiger partial charge in [0.1, 0.15) is 0 Å². The molecular formula is C20H20N4O3S. The summed E-state index contributed by atoms with van der Waals surface area (Å²) in [5.74, 6) is -0.509. The lowest BCUT2D eigenvalue weighted by atomic mass is 10.1. The third-order valence-corrected chi connectivity index (χ3v) is 5.21. The standard InChI is InChI=1S/C20H20N4O3S/c1-13(14-8-4-3-5-9-14)24-18(26)15-10-6-7-11-16(15)22-20(24)28-12-17(25)23-19(27)21-2/h3-11,13H,12H2,1-2H3,(H2,21,23,25,27)/t13-/m1/s1. The molecule has 1 heterocycles. The van der Waals surface area contributed by atoms with Gasteiger partial charge in [0.2, 0.25) is 5.91 Å². The highest BCUT2D eigenvalue weighted by molar-refractivity contribution is 7.99. The van der Waals surface area contributed by atoms with Crippen molar-refractivity contribution < 1.29 is 9.59 Å². The number of para-hydroxylation sites is 1. The number of rotatable bonds is 5. The first kappa shape index (κ1) is 19.6. The van der Waals surface area contributed by atoms with Crippen molar-refractivity contribution >= 4 is 34.6 Å². The molecule has 0 bridgehead atoms. The predicted octanol–water partition coefficient (Wildman–Crippen LogP) is 2.55. The molecule has 0 radical (unpaired) electrons. The minimum absolute atomic E-state index is 0.0420. The number of nitrogens with one attached hydrogen (secondary N) is 2. The van der Waals surface area contributed by atoms with Crippen molar-refractivity contribution in [1.29, 1.82) is 0 Å². The van der Waals surface area contributed by atoms with Gasteiger partial charge in [0.25, 0.3) is 5.56 Å². The van der Waals surface area contributed by atoms with E-state index in [1.54, 1.807) is 22.8 Å². The summed E-state index contributed by atoms with van der Waals surface area (Å²) in [5.41, 5.74) is 1.35. The lowest BCUT2D eigenvalue weighted by molar-refractivity contribution is -0.117. The maximum atomic E-state index is 13.2. The van der Waals surface area contributed by atoms with Gasteiger partial charge in [-0.2, -0.15) is 0 Å². The molecule has 0 aliphatic rings. The Morgan fingerprint density at radius 2 is 1.79 bits per heavy atom. The van der Waals surface area contributed by atoms with Crippen LogP contribution in [0.25, 0.3) is 10.9 Å². The molecule has 0 unspecified atom stereocenters. The van der Waals surface area contributed by atoms with Crippen LogP contribution in [0.5, 0.6) is 0 Å². The zero-order valence-electron chi connectivity index (χ0n) is 15.5. The molecule has 8 heteroatoms. The Morgan fingerprint density at radius 1 is 1.11 bits per heavy atom. The molecule has 7 nitrogen and oxygen atoms in total. The summed E-state index contributed by atoms with van der Waals surface area (Å²) in [7, 11) is 1.43. The van der Waals surface area contributed by atoms with Gasteiger partial charge < -0.3 is 5.32 Å². The van der Waals surface area contributed by atoms with Crippen molar-refractivity contribution in [2.75, 3.05) is 12.8 Å². The first-order valence-corrected chi connectivity index (χ1v) is 9.70. The first-order valence-electron chi connectivity index (χ1n) is 8.72. The fourth-order valence-corrected chi connectivity index (χ4v) is 3.68. The number of hydrogen-bond donors (Lipinski definition) is 2. The third-order valence-electron chi connectivity index (χ3n) is 4.26. The van der Waals surface area contributed by atoms with E-state index in [4.69, 9.17) is 0 Å². The van der Waals surface area contributed by atoms with Gasteiger partial charge in [-0.1, -0.05) is 54.2 Å². The molecule has 3 amide bonds. The molecule has 2 N–H and O–H groups in total. The number of nitrogens with zero attached hydrogens (tertiary/aromatic N) is 2. The SMILES string of the molecule is CNC(=O)NC(=O)CSc1nc2ccccc2c(=O)n1[C@H](C)c1ccccc1. The lowest BCUT2D eigenvalue weighted by Crippen LogP contribution is -2.38. The highest BCUT2D eigenvalue weighted by Gasteiger charge is 2.19. The van der Waals surface area contributed by atoms with Crippen molar-refractivity contribution in [1.82, 2.24) is 20.2 Å². The minimum Gasteiger partial charge on any atom is -0.341 e. The summed E-state index contributed by atoms with van der Waals surface area (Å²) in [4.78, 5) is 41.1. The van der Waals surface area contributed by atoms with Crippen LogP contribution in [0.1, 0.15) is 18.5 Å². The normalized spacial score (nSPS) is 11.8. The van der Waals surface area contributed by atoms with Crippen LogP contribution in [-0.4, -0.2) is 34.3 Å². The van der Waals surface area contributed by atoms with Crippen molar-refractivity contribution in [3.05, 3.63) is 70.5 Å². The zero-order chi connectivity index (χ0) is 20.1. The monoisotopic (exact) mass is 396 g/mol. The van der Waals surface area contributed by atoms with Crippen LogP contribution in [0.4, 0.5) is 4.79 Å². The van der Waals surface area contributed by atoms with Crippen LogP contribution in [0.15, 0.2) is 64.5 Å². The maximum absolute atomic E-state index is 13.2. The van der Waals surface area contributed by atoms with Gasteiger partial charge in [0.15, 0.2) is 5.16 Å². The van der Waals surface area contributed by atoms with E-state index in [1.807, 2.05) is 43.3 Å². The maximum Gasteiger partial charge on any atom is 0.321 e. The lowest BCUT2D eigenvalue weighted by Gasteiger charge is -2.19. The Hall–Kier alpha value is -3.13. The summed E-state index contributed by atoms with van der Waals surface area (Å²) < 4.78 is 1.59. The van der Waals surface area contributed by atoms with E-state index < -0.39 is 11.9 Å². The van der Waals surface area contributed by atoms with E-state index in [0.29, 0.717) is 16.1 Å². The molecule has 0 aliphatic heterocycles. The molecule has 2 aromatic carbocycles. The van der Waals surface area contributed by atoms with Crippen LogP contribution < -0.4 is 16.2 Å². The number of hydrogen-bond acceptors (Lipinski definition) is 5. The molecular weight excluding hydrogens is 376 g/mol. The Balaban J connectivity index is 2.01. The zero-order valence-corrected chi connectivity index (χ0v) is 16.3. The highest BCUT2D eigenvalue weighted by atomic mass is 32.2. The van der Waals surface area contributed by atoms with E-state index in [-0.39, 0.29) is 17.4 Å². The second-order valence-electron chi connectivity index (χ2n) is 6.09. The number of urea groups is 1. The van der Waals surface area contributed by atoms with Crippen LogP contribution >= 0.6 is 11.8 Å². The number of carbonyl (C=O) groups is 2. The van der Waals surface area contributed by atoms with E-state index >= 15 is 0 Å². The van der Waals surface area contributed by atoms with Crippen molar-refractivity contribution in [3.8, 4) is 0 Å². The summed E-state index contributed by atoms with van der Waals surface area (Å²) in [6, 6.07) is 15.9. The average Bonchev–Trinajstić information content (AvgIpc) is 2.72. The van der Waals surface area contributed by atoms with Gasteiger partial charge in [-0.15, -0.1) is 0 Å². The van der Waals surface area contributed by atoms with Gasteiger partial charge in [-0.3, -0.25) is 19.5 Å². The van der Waals surface area contributed by atoms with Gasteiger partial charge >= 0.3 is 6.03 Å². The topological polar surface area (TPSA) is 93.1 Å². The second kappa shape index (κ2) is 8.71.